The first-order chi connectivity index (χ1) is 13.4. The summed E-state index contributed by atoms with van der Waals surface area (Å²) in [6, 6.07) is 19.9. The maximum Gasteiger partial charge on any atom is 0.216 e. The van der Waals surface area contributed by atoms with Gasteiger partial charge in [0.05, 0.1) is 5.75 Å². The largest absolute Gasteiger partial charge is 0.489 e. The molecule has 0 aliphatic carbocycles. The number of rotatable bonds is 8. The fourth-order valence-electron chi connectivity index (χ4n) is 2.50. The molecule has 0 saturated heterocycles. The van der Waals surface area contributed by atoms with E-state index in [9.17, 15) is 12.8 Å². The van der Waals surface area contributed by atoms with E-state index < -0.39 is 10.0 Å². The minimum absolute atomic E-state index is 0.108. The molecule has 0 unspecified atom stereocenters. The van der Waals surface area contributed by atoms with E-state index in [2.05, 4.69) is 4.72 Å². The summed E-state index contributed by atoms with van der Waals surface area (Å²) in [5.41, 5.74) is 2.34. The van der Waals surface area contributed by atoms with Gasteiger partial charge < -0.3 is 4.74 Å². The van der Waals surface area contributed by atoms with Crippen molar-refractivity contribution in [2.24, 2.45) is 0 Å². The molecule has 0 amide bonds. The molecule has 3 rings (SSSR count). The van der Waals surface area contributed by atoms with Crippen molar-refractivity contribution in [3.63, 3.8) is 0 Å². The molecule has 7 heteroatoms. The third kappa shape index (κ3) is 6.34. The molecule has 0 spiro atoms. The standard InChI is InChI=1S/C21H19ClFNO3S/c22-19-7-1-18(2-8-19)15-28(25,26)24-13-16-5-11-21(12-6-16)27-14-17-3-9-20(23)10-4-17/h1-12,24H,13-15H2. The van der Waals surface area contributed by atoms with Crippen molar-refractivity contribution in [1.82, 2.24) is 4.72 Å². The van der Waals surface area contributed by atoms with E-state index in [-0.39, 0.29) is 18.1 Å². The number of hydrogen-bond donors (Lipinski definition) is 1. The topological polar surface area (TPSA) is 55.4 Å². The van der Waals surface area contributed by atoms with Crippen molar-refractivity contribution in [3.05, 3.63) is 100 Å². The summed E-state index contributed by atoms with van der Waals surface area (Å²) < 4.78 is 45.6. The Labute approximate surface area is 169 Å². The van der Waals surface area contributed by atoms with Crippen LogP contribution < -0.4 is 9.46 Å². The molecular formula is C21H19ClFNO3S. The third-order valence-electron chi connectivity index (χ3n) is 4.01. The van der Waals surface area contributed by atoms with Crippen LogP contribution in [-0.2, 0) is 28.9 Å². The highest BCUT2D eigenvalue weighted by molar-refractivity contribution is 7.88. The van der Waals surface area contributed by atoms with Crippen LogP contribution in [-0.4, -0.2) is 8.42 Å². The molecule has 1 N–H and O–H groups in total. The second kappa shape index (κ2) is 9.19. The van der Waals surface area contributed by atoms with Gasteiger partial charge in [0, 0.05) is 11.6 Å². The van der Waals surface area contributed by atoms with Gasteiger partial charge >= 0.3 is 0 Å². The van der Waals surface area contributed by atoms with Gasteiger partial charge in [-0.25, -0.2) is 17.5 Å². The van der Waals surface area contributed by atoms with Gasteiger partial charge in [0.25, 0.3) is 0 Å². The van der Waals surface area contributed by atoms with E-state index in [0.29, 0.717) is 22.9 Å². The fraction of sp³-hybridized carbons (Fsp3) is 0.143. The zero-order valence-electron chi connectivity index (χ0n) is 14.9. The maximum absolute atomic E-state index is 12.9. The van der Waals surface area contributed by atoms with Crippen LogP contribution in [0.1, 0.15) is 16.7 Å². The maximum atomic E-state index is 12.9. The van der Waals surface area contributed by atoms with Gasteiger partial charge in [0.15, 0.2) is 0 Å². The van der Waals surface area contributed by atoms with Gasteiger partial charge in [0.1, 0.15) is 18.2 Å². The molecule has 146 valence electrons. The monoisotopic (exact) mass is 419 g/mol. The first-order valence-electron chi connectivity index (χ1n) is 8.58. The minimum Gasteiger partial charge on any atom is -0.489 e. The summed E-state index contributed by atoms with van der Waals surface area (Å²) in [4.78, 5) is 0. The summed E-state index contributed by atoms with van der Waals surface area (Å²) in [6.07, 6.45) is 0. The summed E-state index contributed by atoms with van der Waals surface area (Å²) in [6.45, 7) is 0.515. The van der Waals surface area contributed by atoms with E-state index in [1.54, 1.807) is 60.7 Å². The van der Waals surface area contributed by atoms with E-state index in [4.69, 9.17) is 16.3 Å². The van der Waals surface area contributed by atoms with E-state index in [1.165, 1.54) is 12.1 Å². The number of nitrogens with one attached hydrogen (secondary N) is 1. The SMILES string of the molecule is O=S(=O)(Cc1ccc(Cl)cc1)NCc1ccc(OCc2ccc(F)cc2)cc1. The first kappa shape index (κ1) is 20.3. The van der Waals surface area contributed by atoms with Gasteiger partial charge in [-0.3, -0.25) is 0 Å². The van der Waals surface area contributed by atoms with Crippen molar-refractivity contribution >= 4 is 21.6 Å². The fourth-order valence-corrected chi connectivity index (χ4v) is 3.74. The molecule has 0 radical (unpaired) electrons. The van der Waals surface area contributed by atoms with Crippen molar-refractivity contribution in [2.75, 3.05) is 0 Å². The molecule has 0 aliphatic heterocycles. The van der Waals surface area contributed by atoms with Gasteiger partial charge in [-0.15, -0.1) is 0 Å². The molecule has 0 aliphatic rings. The molecule has 0 fully saturated rings. The number of hydrogen-bond acceptors (Lipinski definition) is 3. The van der Waals surface area contributed by atoms with E-state index >= 15 is 0 Å². The quantitative estimate of drug-likeness (QED) is 0.576. The molecule has 0 saturated carbocycles. The average molecular weight is 420 g/mol. The van der Waals surface area contributed by atoms with Crippen molar-refractivity contribution in [2.45, 2.75) is 18.9 Å². The zero-order valence-corrected chi connectivity index (χ0v) is 16.5. The Kier molecular flexibility index (Phi) is 6.67. The first-order valence-corrected chi connectivity index (χ1v) is 10.6. The Morgan fingerprint density at radius 3 is 2.04 bits per heavy atom. The smallest absolute Gasteiger partial charge is 0.216 e. The predicted octanol–water partition coefficient (Wildman–Crippen LogP) is 4.68. The lowest BCUT2D eigenvalue weighted by Crippen LogP contribution is -2.24. The summed E-state index contributed by atoms with van der Waals surface area (Å²) in [5, 5.41) is 0.566. The van der Waals surface area contributed by atoms with Crippen LogP contribution in [0.3, 0.4) is 0 Å². The summed E-state index contributed by atoms with van der Waals surface area (Å²) in [7, 11) is -3.46. The molecule has 28 heavy (non-hydrogen) atoms. The van der Waals surface area contributed by atoms with Gasteiger partial charge in [0.2, 0.25) is 10.0 Å². The number of benzene rings is 3. The Balaban J connectivity index is 1.50. The lowest BCUT2D eigenvalue weighted by atomic mass is 10.2. The van der Waals surface area contributed by atoms with Crippen LogP contribution in [0.5, 0.6) is 5.75 Å². The molecule has 0 heterocycles. The number of ether oxygens (including phenoxy) is 1. The third-order valence-corrected chi connectivity index (χ3v) is 5.56. The van der Waals surface area contributed by atoms with Crippen LogP contribution in [0.2, 0.25) is 5.02 Å². The highest BCUT2D eigenvalue weighted by atomic mass is 35.5. The van der Waals surface area contributed by atoms with Crippen LogP contribution in [0.4, 0.5) is 4.39 Å². The molecule has 3 aromatic rings. The molecule has 3 aromatic carbocycles. The van der Waals surface area contributed by atoms with E-state index in [0.717, 1.165) is 11.1 Å². The Bertz CT molecular complexity index is 1010. The van der Waals surface area contributed by atoms with Crippen molar-refractivity contribution < 1.29 is 17.5 Å². The van der Waals surface area contributed by atoms with Crippen molar-refractivity contribution in [1.29, 1.82) is 0 Å². The molecular weight excluding hydrogens is 401 g/mol. The van der Waals surface area contributed by atoms with Gasteiger partial charge in [-0.2, -0.15) is 0 Å². The molecule has 4 nitrogen and oxygen atoms in total. The van der Waals surface area contributed by atoms with Crippen LogP contribution in [0, 0.1) is 5.82 Å². The predicted molar refractivity (Wildman–Crippen MR) is 108 cm³/mol. The van der Waals surface area contributed by atoms with Gasteiger partial charge in [-0.1, -0.05) is 48.0 Å². The normalized spacial score (nSPS) is 11.4. The zero-order chi connectivity index (χ0) is 20.0. The van der Waals surface area contributed by atoms with Crippen LogP contribution in [0.25, 0.3) is 0 Å². The molecule has 0 atom stereocenters. The van der Waals surface area contributed by atoms with Crippen LogP contribution in [0.15, 0.2) is 72.8 Å². The minimum atomic E-state index is -3.46. The Morgan fingerprint density at radius 1 is 0.821 bits per heavy atom. The highest BCUT2D eigenvalue weighted by Crippen LogP contribution is 2.16. The van der Waals surface area contributed by atoms with Gasteiger partial charge in [-0.05, 0) is 53.1 Å². The van der Waals surface area contributed by atoms with Crippen molar-refractivity contribution in [3.8, 4) is 5.75 Å². The Morgan fingerprint density at radius 2 is 1.39 bits per heavy atom. The number of halogens is 2. The summed E-state index contributed by atoms with van der Waals surface area (Å²) >= 11 is 5.81. The van der Waals surface area contributed by atoms with E-state index in [1.807, 2.05) is 0 Å². The second-order valence-corrected chi connectivity index (χ2v) is 8.51. The summed E-state index contributed by atoms with van der Waals surface area (Å²) in [5.74, 6) is 0.256. The average Bonchev–Trinajstić information content (AvgIpc) is 2.68. The second-order valence-electron chi connectivity index (χ2n) is 6.27. The van der Waals surface area contributed by atoms with Crippen LogP contribution >= 0.6 is 11.6 Å². The molecule has 0 aromatic heterocycles. The number of sulfonamides is 1. The highest BCUT2D eigenvalue weighted by Gasteiger charge is 2.11. The Hall–Kier alpha value is -2.41. The lowest BCUT2D eigenvalue weighted by Gasteiger charge is -2.09. The molecule has 0 bridgehead atoms. The lowest BCUT2D eigenvalue weighted by molar-refractivity contribution is 0.306.